The minimum atomic E-state index is 0.711. The van der Waals surface area contributed by atoms with E-state index in [2.05, 4.69) is 56.3 Å². The molecule has 0 saturated heterocycles. The Morgan fingerprint density at radius 1 is 1.12 bits per heavy atom. The van der Waals surface area contributed by atoms with Gasteiger partial charge in [0.25, 0.3) is 0 Å². The number of nitrogens with one attached hydrogen (secondary N) is 1. The van der Waals surface area contributed by atoms with Crippen LogP contribution >= 0.6 is 12.2 Å². The van der Waals surface area contributed by atoms with Gasteiger partial charge in [-0.15, -0.1) is 0 Å². The van der Waals surface area contributed by atoms with Crippen LogP contribution in [0.2, 0.25) is 0 Å². The van der Waals surface area contributed by atoms with Crippen LogP contribution in [0.5, 0.6) is 5.75 Å². The van der Waals surface area contributed by atoms with E-state index in [1.54, 1.807) is 13.4 Å². The van der Waals surface area contributed by atoms with Crippen LogP contribution < -0.4 is 9.64 Å². The lowest BCUT2D eigenvalue weighted by molar-refractivity contribution is -0.917. The molecule has 0 radical (unpaired) electrons. The predicted octanol–water partition coefficient (Wildman–Crippen LogP) is 2.70. The maximum Gasteiger partial charge on any atom is 0.207 e. The quantitative estimate of drug-likeness (QED) is 0.679. The molecule has 0 saturated carbocycles. The first-order valence-electron chi connectivity index (χ1n) is 8.64. The minimum Gasteiger partial charge on any atom is -0.497 e. The normalized spacial score (nSPS) is 12.2. The lowest BCUT2D eigenvalue weighted by Gasteiger charge is -2.14. The van der Waals surface area contributed by atoms with E-state index in [0.29, 0.717) is 11.4 Å². The predicted molar refractivity (Wildman–Crippen MR) is 105 cm³/mol. The summed E-state index contributed by atoms with van der Waals surface area (Å²) in [7, 11) is 3.82. The Balaban J connectivity index is 1.74. The van der Waals surface area contributed by atoms with Crippen molar-refractivity contribution in [1.82, 2.24) is 14.3 Å². The summed E-state index contributed by atoms with van der Waals surface area (Å²) in [6.07, 6.45) is 1.81. The van der Waals surface area contributed by atoms with Crippen LogP contribution in [0.15, 0.2) is 48.8 Å². The highest BCUT2D eigenvalue weighted by Crippen LogP contribution is 2.16. The fourth-order valence-electron chi connectivity index (χ4n) is 3.09. The maximum atomic E-state index is 5.65. The highest BCUT2D eigenvalue weighted by Gasteiger charge is 2.11. The average Bonchev–Trinajstić information content (AvgIpc) is 2.96. The molecule has 0 aliphatic rings. The zero-order chi connectivity index (χ0) is 18.7. The van der Waals surface area contributed by atoms with E-state index in [9.17, 15) is 0 Å². The number of aromatic nitrogens is 3. The van der Waals surface area contributed by atoms with Gasteiger partial charge in [0.05, 0.1) is 19.8 Å². The lowest BCUT2D eigenvalue weighted by atomic mass is 10.1. The summed E-state index contributed by atoms with van der Waals surface area (Å²) < 4.78 is 9.78. The van der Waals surface area contributed by atoms with E-state index in [4.69, 9.17) is 17.0 Å². The van der Waals surface area contributed by atoms with Gasteiger partial charge in [-0.25, -0.2) is 0 Å². The van der Waals surface area contributed by atoms with E-state index in [-0.39, 0.29) is 0 Å². The van der Waals surface area contributed by atoms with Crippen LogP contribution in [-0.4, -0.2) is 28.5 Å². The summed E-state index contributed by atoms with van der Waals surface area (Å²) in [5, 5.41) is 4.50. The van der Waals surface area contributed by atoms with Crippen molar-refractivity contribution in [1.29, 1.82) is 0 Å². The topological polar surface area (TPSA) is 36.4 Å². The standard InChI is InChI=1S/C20H24N4OS/c1-15-5-10-19(16(2)11-15)23-13-21-24(20(23)26)14-22(3)12-17-6-8-18(25-4)9-7-17/h5-11,13H,12,14H2,1-4H3/p+1. The number of aryl methyl sites for hydroxylation is 2. The molecule has 0 aliphatic carbocycles. The Morgan fingerprint density at radius 2 is 1.85 bits per heavy atom. The number of quaternary nitrogens is 1. The number of nitrogens with zero attached hydrogens (tertiary/aromatic N) is 3. The van der Waals surface area contributed by atoms with Gasteiger partial charge < -0.3 is 9.64 Å². The molecule has 136 valence electrons. The van der Waals surface area contributed by atoms with Crippen LogP contribution in [0, 0.1) is 18.6 Å². The maximum absolute atomic E-state index is 5.65. The monoisotopic (exact) mass is 369 g/mol. The Morgan fingerprint density at radius 3 is 2.50 bits per heavy atom. The number of hydrogen-bond acceptors (Lipinski definition) is 3. The van der Waals surface area contributed by atoms with E-state index >= 15 is 0 Å². The second-order valence-electron chi connectivity index (χ2n) is 6.71. The lowest BCUT2D eigenvalue weighted by Crippen LogP contribution is -3.07. The summed E-state index contributed by atoms with van der Waals surface area (Å²) in [5.74, 6) is 0.876. The Bertz CT molecular complexity index is 943. The molecule has 3 rings (SSSR count). The molecule has 6 heteroatoms. The van der Waals surface area contributed by atoms with Crippen LogP contribution in [0.25, 0.3) is 5.69 Å². The smallest absolute Gasteiger partial charge is 0.207 e. The number of ether oxygens (including phenoxy) is 1. The van der Waals surface area contributed by atoms with Gasteiger partial charge in [0.1, 0.15) is 18.6 Å². The van der Waals surface area contributed by atoms with Crippen LogP contribution in [0.3, 0.4) is 0 Å². The third-order valence-electron chi connectivity index (χ3n) is 4.43. The summed E-state index contributed by atoms with van der Waals surface area (Å²) >= 11 is 5.65. The van der Waals surface area contributed by atoms with Crippen molar-refractivity contribution in [3.63, 3.8) is 0 Å². The van der Waals surface area contributed by atoms with Gasteiger partial charge >= 0.3 is 0 Å². The first kappa shape index (κ1) is 18.4. The molecule has 0 amide bonds. The largest absolute Gasteiger partial charge is 0.497 e. The van der Waals surface area contributed by atoms with Gasteiger partial charge in [0.15, 0.2) is 6.67 Å². The third-order valence-corrected chi connectivity index (χ3v) is 4.84. The highest BCUT2D eigenvalue weighted by atomic mass is 32.1. The third kappa shape index (κ3) is 4.03. The first-order chi connectivity index (χ1) is 12.5. The van der Waals surface area contributed by atoms with E-state index in [1.165, 1.54) is 21.6 Å². The van der Waals surface area contributed by atoms with Crippen molar-refractivity contribution in [2.45, 2.75) is 27.1 Å². The van der Waals surface area contributed by atoms with Crippen molar-refractivity contribution in [2.75, 3.05) is 14.2 Å². The number of benzene rings is 2. The summed E-state index contributed by atoms with van der Waals surface area (Å²) in [6, 6.07) is 14.5. The second-order valence-corrected chi connectivity index (χ2v) is 7.08. The number of methoxy groups -OCH3 is 1. The molecule has 1 N–H and O–H groups in total. The molecule has 1 unspecified atom stereocenters. The molecule has 3 aromatic rings. The highest BCUT2D eigenvalue weighted by molar-refractivity contribution is 7.71. The number of hydrogen-bond donors (Lipinski definition) is 1. The molecule has 0 aliphatic heterocycles. The molecular weight excluding hydrogens is 344 g/mol. The van der Waals surface area contributed by atoms with Crippen molar-refractivity contribution >= 4 is 12.2 Å². The molecule has 5 nitrogen and oxygen atoms in total. The van der Waals surface area contributed by atoms with E-state index in [0.717, 1.165) is 18.0 Å². The first-order valence-corrected chi connectivity index (χ1v) is 9.05. The molecule has 2 aromatic carbocycles. The molecule has 26 heavy (non-hydrogen) atoms. The zero-order valence-electron chi connectivity index (χ0n) is 15.7. The van der Waals surface area contributed by atoms with Crippen molar-refractivity contribution in [3.05, 3.63) is 70.3 Å². The molecule has 0 bridgehead atoms. The van der Waals surface area contributed by atoms with Crippen LogP contribution in [0.1, 0.15) is 16.7 Å². The number of rotatable bonds is 6. The summed E-state index contributed by atoms with van der Waals surface area (Å²) in [5.41, 5.74) is 4.77. The molecule has 0 spiro atoms. The Kier molecular flexibility index (Phi) is 5.54. The van der Waals surface area contributed by atoms with Gasteiger partial charge in [-0.05, 0) is 62.0 Å². The van der Waals surface area contributed by atoms with Gasteiger partial charge in [-0.1, -0.05) is 17.7 Å². The average molecular weight is 370 g/mol. The Hall–Kier alpha value is -2.44. The fourth-order valence-corrected chi connectivity index (χ4v) is 3.35. The van der Waals surface area contributed by atoms with Crippen LogP contribution in [-0.2, 0) is 13.2 Å². The Labute approximate surface area is 159 Å². The SMILES string of the molecule is COc1ccc(C[NH+](C)Cn2ncn(-c3ccc(C)cc3C)c2=S)cc1. The van der Waals surface area contributed by atoms with Crippen LogP contribution in [0.4, 0.5) is 0 Å². The van der Waals surface area contributed by atoms with Crippen molar-refractivity contribution in [3.8, 4) is 11.4 Å². The molecular formula is C20H25N4OS+. The van der Waals surface area contributed by atoms with Gasteiger partial charge in [-0.2, -0.15) is 9.78 Å². The molecule has 1 aromatic heterocycles. The van der Waals surface area contributed by atoms with Gasteiger partial charge in [0.2, 0.25) is 4.77 Å². The van der Waals surface area contributed by atoms with Gasteiger partial charge in [0, 0.05) is 5.56 Å². The molecule has 0 fully saturated rings. The van der Waals surface area contributed by atoms with E-state index in [1.807, 2.05) is 21.4 Å². The summed E-state index contributed by atoms with van der Waals surface area (Å²) in [6.45, 7) is 5.80. The molecule has 1 atom stereocenters. The minimum absolute atomic E-state index is 0.711. The second kappa shape index (κ2) is 7.85. The zero-order valence-corrected chi connectivity index (χ0v) is 16.5. The fraction of sp³-hybridized carbons (Fsp3) is 0.300. The van der Waals surface area contributed by atoms with E-state index < -0.39 is 0 Å². The summed E-state index contributed by atoms with van der Waals surface area (Å²) in [4.78, 5) is 1.30. The van der Waals surface area contributed by atoms with Crippen molar-refractivity contribution < 1.29 is 9.64 Å². The molecule has 1 heterocycles. The van der Waals surface area contributed by atoms with Crippen molar-refractivity contribution in [2.24, 2.45) is 0 Å². The van der Waals surface area contributed by atoms with Gasteiger partial charge in [-0.3, -0.25) is 4.57 Å².